The van der Waals surface area contributed by atoms with Crippen molar-refractivity contribution in [1.82, 2.24) is 15.1 Å². The molecule has 2 aromatic rings. The highest BCUT2D eigenvalue weighted by Gasteiger charge is 2.52. The van der Waals surface area contributed by atoms with Gasteiger partial charge in [0.1, 0.15) is 18.7 Å². The minimum Gasteiger partial charge on any atom is -0.445 e. The molecule has 35 heavy (non-hydrogen) atoms. The number of benzene rings is 2. The van der Waals surface area contributed by atoms with Gasteiger partial charge < -0.3 is 19.9 Å². The fourth-order valence-electron chi connectivity index (χ4n) is 4.89. The van der Waals surface area contributed by atoms with E-state index >= 15 is 0 Å². The van der Waals surface area contributed by atoms with Gasteiger partial charge in [0.25, 0.3) is 5.91 Å². The first-order valence-corrected chi connectivity index (χ1v) is 12.0. The first-order chi connectivity index (χ1) is 16.8. The zero-order valence-corrected chi connectivity index (χ0v) is 20.1. The SMILES string of the molecule is CC(C)C[C@@H](NC(=O)OCc1ccccc1)C(=O)N1CCC2C1C(=O)CN2C(=O)c1ccccc1. The second-order valence-electron chi connectivity index (χ2n) is 9.49. The van der Waals surface area contributed by atoms with Crippen LogP contribution in [-0.2, 0) is 20.9 Å². The van der Waals surface area contributed by atoms with E-state index in [1.807, 2.05) is 50.2 Å². The normalized spacial score (nSPS) is 20.0. The lowest BCUT2D eigenvalue weighted by atomic mass is 10.0. The number of fused-ring (bicyclic) bond motifs is 1. The summed E-state index contributed by atoms with van der Waals surface area (Å²) in [5, 5.41) is 2.71. The van der Waals surface area contributed by atoms with Gasteiger partial charge in [-0.2, -0.15) is 0 Å². The van der Waals surface area contributed by atoms with Gasteiger partial charge >= 0.3 is 6.09 Å². The molecule has 0 aromatic heterocycles. The second kappa shape index (κ2) is 10.7. The number of ether oxygens (including phenoxy) is 1. The van der Waals surface area contributed by atoms with Crippen LogP contribution in [0.3, 0.4) is 0 Å². The Hall–Kier alpha value is -3.68. The minimum atomic E-state index is -0.816. The van der Waals surface area contributed by atoms with Crippen molar-refractivity contribution in [2.75, 3.05) is 13.1 Å². The standard InChI is InChI=1S/C27H31N3O5/c1-18(2)15-21(28-27(34)35-17-19-9-5-3-6-10-19)26(33)29-14-13-22-24(29)23(31)16-30(22)25(32)20-11-7-4-8-12-20/h3-12,18,21-22,24H,13-17H2,1-2H3,(H,28,34)/t21-,22?,24?/m1/s1. The minimum absolute atomic E-state index is 0.0196. The molecule has 2 aliphatic heterocycles. The summed E-state index contributed by atoms with van der Waals surface area (Å²) in [6, 6.07) is 16.3. The Bertz CT molecular complexity index is 1070. The highest BCUT2D eigenvalue weighted by Crippen LogP contribution is 2.31. The van der Waals surface area contributed by atoms with E-state index in [-0.39, 0.29) is 42.7 Å². The molecule has 3 amide bonds. The van der Waals surface area contributed by atoms with Crippen molar-refractivity contribution < 1.29 is 23.9 Å². The smallest absolute Gasteiger partial charge is 0.408 e. The summed E-state index contributed by atoms with van der Waals surface area (Å²) < 4.78 is 5.32. The summed E-state index contributed by atoms with van der Waals surface area (Å²) in [6.45, 7) is 4.36. The summed E-state index contributed by atoms with van der Waals surface area (Å²) in [7, 11) is 0. The Labute approximate surface area is 205 Å². The van der Waals surface area contributed by atoms with Crippen LogP contribution in [0.1, 0.15) is 42.6 Å². The van der Waals surface area contributed by atoms with E-state index in [4.69, 9.17) is 4.74 Å². The molecular weight excluding hydrogens is 446 g/mol. The Kier molecular flexibility index (Phi) is 7.48. The van der Waals surface area contributed by atoms with Crippen molar-refractivity contribution in [3.8, 4) is 0 Å². The van der Waals surface area contributed by atoms with E-state index in [9.17, 15) is 19.2 Å². The molecule has 3 atom stereocenters. The molecule has 2 aromatic carbocycles. The van der Waals surface area contributed by atoms with Crippen LogP contribution in [-0.4, -0.2) is 64.7 Å². The molecule has 0 bridgehead atoms. The van der Waals surface area contributed by atoms with E-state index in [1.165, 1.54) is 4.90 Å². The second-order valence-corrected chi connectivity index (χ2v) is 9.49. The van der Waals surface area contributed by atoms with Gasteiger partial charge in [-0.05, 0) is 36.5 Å². The predicted octanol–water partition coefficient (Wildman–Crippen LogP) is 3.02. The topological polar surface area (TPSA) is 96.0 Å². The van der Waals surface area contributed by atoms with Crippen molar-refractivity contribution in [3.63, 3.8) is 0 Å². The quantitative estimate of drug-likeness (QED) is 0.661. The molecule has 8 nitrogen and oxygen atoms in total. The van der Waals surface area contributed by atoms with E-state index in [2.05, 4.69) is 5.32 Å². The average molecular weight is 478 g/mol. The monoisotopic (exact) mass is 477 g/mol. The number of Topliss-reactive ketones (excluding diaryl/α,β-unsaturated/α-hetero) is 1. The van der Waals surface area contributed by atoms with Gasteiger partial charge in [-0.1, -0.05) is 62.4 Å². The van der Waals surface area contributed by atoms with Crippen molar-refractivity contribution in [3.05, 3.63) is 71.8 Å². The van der Waals surface area contributed by atoms with E-state index in [0.29, 0.717) is 24.9 Å². The summed E-state index contributed by atoms with van der Waals surface area (Å²) in [4.78, 5) is 55.1. The predicted molar refractivity (Wildman–Crippen MR) is 129 cm³/mol. The molecule has 2 heterocycles. The zero-order chi connectivity index (χ0) is 24.9. The number of amides is 3. The molecule has 2 saturated heterocycles. The molecule has 0 saturated carbocycles. The van der Waals surface area contributed by atoms with Gasteiger partial charge in [0.05, 0.1) is 12.6 Å². The van der Waals surface area contributed by atoms with Gasteiger partial charge in [0.2, 0.25) is 5.91 Å². The van der Waals surface area contributed by atoms with Crippen LogP contribution in [0, 0.1) is 5.92 Å². The molecule has 2 unspecified atom stereocenters. The van der Waals surface area contributed by atoms with E-state index < -0.39 is 18.2 Å². The fourth-order valence-corrected chi connectivity index (χ4v) is 4.89. The fraction of sp³-hybridized carbons (Fsp3) is 0.407. The number of alkyl carbamates (subject to hydrolysis) is 1. The third kappa shape index (κ3) is 5.53. The Morgan fingerprint density at radius 3 is 2.31 bits per heavy atom. The van der Waals surface area contributed by atoms with Crippen molar-refractivity contribution in [2.45, 2.75) is 51.4 Å². The number of rotatable bonds is 7. The molecule has 2 aliphatic rings. The lowest BCUT2D eigenvalue weighted by Crippen LogP contribution is -2.53. The molecule has 4 rings (SSSR count). The summed E-state index contributed by atoms with van der Waals surface area (Å²) in [5.74, 6) is -0.542. The number of carbonyl (C=O) groups is 4. The van der Waals surface area contributed by atoms with Crippen molar-refractivity contribution >= 4 is 23.7 Å². The summed E-state index contributed by atoms with van der Waals surface area (Å²) >= 11 is 0. The molecule has 8 heteroatoms. The van der Waals surface area contributed by atoms with Crippen molar-refractivity contribution in [1.29, 1.82) is 0 Å². The van der Waals surface area contributed by atoms with Crippen LogP contribution in [0.2, 0.25) is 0 Å². The van der Waals surface area contributed by atoms with Gasteiger partial charge in [0, 0.05) is 12.1 Å². The summed E-state index contributed by atoms with van der Waals surface area (Å²) in [6.07, 6.45) is 0.254. The number of nitrogens with zero attached hydrogens (tertiary/aromatic N) is 2. The first kappa shape index (κ1) is 24.4. The number of hydrogen-bond donors (Lipinski definition) is 1. The van der Waals surface area contributed by atoms with E-state index in [1.54, 1.807) is 29.2 Å². The van der Waals surface area contributed by atoms with Crippen LogP contribution in [0.4, 0.5) is 4.79 Å². The number of hydrogen-bond acceptors (Lipinski definition) is 5. The lowest BCUT2D eigenvalue weighted by molar-refractivity contribution is -0.138. The third-order valence-corrected chi connectivity index (χ3v) is 6.50. The molecule has 0 aliphatic carbocycles. The van der Waals surface area contributed by atoms with Crippen LogP contribution in [0.15, 0.2) is 60.7 Å². The van der Waals surface area contributed by atoms with Crippen molar-refractivity contribution in [2.24, 2.45) is 5.92 Å². The van der Waals surface area contributed by atoms with Crippen LogP contribution in [0.5, 0.6) is 0 Å². The van der Waals surface area contributed by atoms with Crippen LogP contribution >= 0.6 is 0 Å². The van der Waals surface area contributed by atoms with Gasteiger partial charge in [0.15, 0.2) is 5.78 Å². The number of carbonyl (C=O) groups excluding carboxylic acids is 4. The molecule has 0 radical (unpaired) electrons. The van der Waals surface area contributed by atoms with Crippen LogP contribution in [0.25, 0.3) is 0 Å². The highest BCUT2D eigenvalue weighted by atomic mass is 16.5. The maximum absolute atomic E-state index is 13.5. The third-order valence-electron chi connectivity index (χ3n) is 6.50. The maximum Gasteiger partial charge on any atom is 0.408 e. The Balaban J connectivity index is 1.43. The molecule has 1 N–H and O–H groups in total. The molecule has 184 valence electrons. The first-order valence-electron chi connectivity index (χ1n) is 12.0. The van der Waals surface area contributed by atoms with Gasteiger partial charge in [-0.3, -0.25) is 14.4 Å². The molecule has 0 spiro atoms. The number of ketones is 1. The Morgan fingerprint density at radius 2 is 1.66 bits per heavy atom. The molecule has 2 fully saturated rings. The average Bonchev–Trinajstić information content (AvgIpc) is 3.44. The zero-order valence-electron chi connectivity index (χ0n) is 20.1. The number of nitrogens with one attached hydrogen (secondary N) is 1. The molecular formula is C27H31N3O5. The lowest BCUT2D eigenvalue weighted by Gasteiger charge is -2.29. The van der Waals surface area contributed by atoms with Crippen LogP contribution < -0.4 is 5.32 Å². The van der Waals surface area contributed by atoms with Gasteiger partial charge in [-0.25, -0.2) is 4.79 Å². The largest absolute Gasteiger partial charge is 0.445 e. The summed E-state index contributed by atoms with van der Waals surface area (Å²) in [5.41, 5.74) is 1.36. The Morgan fingerprint density at radius 1 is 1.00 bits per heavy atom. The van der Waals surface area contributed by atoms with Gasteiger partial charge in [-0.15, -0.1) is 0 Å². The maximum atomic E-state index is 13.5. The number of likely N-dealkylation sites (tertiary alicyclic amines) is 2. The highest BCUT2D eigenvalue weighted by molar-refractivity contribution is 6.02. The van der Waals surface area contributed by atoms with E-state index in [0.717, 1.165) is 5.56 Å².